The summed E-state index contributed by atoms with van der Waals surface area (Å²) in [5.74, 6) is -3.65. The molecule has 2 aromatic rings. The van der Waals surface area contributed by atoms with Crippen LogP contribution in [-0.4, -0.2) is 50.7 Å². The summed E-state index contributed by atoms with van der Waals surface area (Å²) < 4.78 is 0. The number of carbonyl (C=O) groups is 2. The van der Waals surface area contributed by atoms with Crippen molar-refractivity contribution in [2.75, 3.05) is 6.54 Å². The zero-order valence-electron chi connectivity index (χ0n) is 15.7. The third-order valence-electron chi connectivity index (χ3n) is 5.34. The molecule has 3 N–H and O–H groups in total. The molecule has 7 heteroatoms. The number of nitrogens with one attached hydrogen (secondary N) is 1. The Hall–Kier alpha value is -3.11. The minimum Gasteiger partial charge on any atom is -0.473 e. The summed E-state index contributed by atoms with van der Waals surface area (Å²) in [6, 6.07) is 11.7. The number of H-pyrrole nitrogens is 1. The van der Waals surface area contributed by atoms with Crippen LogP contribution < -0.4 is 0 Å². The Morgan fingerprint density at radius 2 is 2.04 bits per heavy atom. The summed E-state index contributed by atoms with van der Waals surface area (Å²) in [7, 11) is 0. The van der Waals surface area contributed by atoms with Crippen LogP contribution in [0.25, 0.3) is 16.5 Å². The fourth-order valence-electron chi connectivity index (χ4n) is 4.15. The van der Waals surface area contributed by atoms with Gasteiger partial charge in [0.2, 0.25) is 0 Å². The number of aromatic amines is 1. The van der Waals surface area contributed by atoms with E-state index in [0.717, 1.165) is 22.9 Å². The van der Waals surface area contributed by atoms with Crippen LogP contribution in [0.2, 0.25) is 0 Å². The normalized spacial score (nSPS) is 20.8. The summed E-state index contributed by atoms with van der Waals surface area (Å²) in [5.41, 5.74) is 4.45. The van der Waals surface area contributed by atoms with E-state index in [0.29, 0.717) is 12.1 Å². The second-order valence-corrected chi connectivity index (χ2v) is 7.10. The molecule has 146 valence electrons. The molecule has 2 atom stereocenters. The van der Waals surface area contributed by atoms with Gasteiger partial charge in [-0.05, 0) is 56.0 Å². The molecule has 28 heavy (non-hydrogen) atoms. The van der Waals surface area contributed by atoms with Gasteiger partial charge in [-0.25, -0.2) is 9.59 Å². The number of nitrogens with zero attached hydrogens (tertiary/aromatic N) is 2. The maximum absolute atomic E-state index is 9.26. The van der Waals surface area contributed by atoms with Gasteiger partial charge in [0.25, 0.3) is 0 Å². The minimum atomic E-state index is -1.82. The summed E-state index contributed by atoms with van der Waals surface area (Å²) in [6.45, 7) is 3.48. The number of carboxylic acids is 2. The zero-order chi connectivity index (χ0) is 20.3. The molecular weight excluding hydrogens is 358 g/mol. The van der Waals surface area contributed by atoms with Crippen molar-refractivity contribution in [3.8, 4) is 6.07 Å². The Labute approximate surface area is 162 Å². The fourth-order valence-corrected chi connectivity index (χ4v) is 4.15. The Bertz CT molecular complexity index is 958. The van der Waals surface area contributed by atoms with Crippen molar-refractivity contribution >= 4 is 28.4 Å². The molecule has 1 saturated heterocycles. The van der Waals surface area contributed by atoms with E-state index in [1.807, 2.05) is 12.1 Å². The largest absolute Gasteiger partial charge is 0.473 e. The van der Waals surface area contributed by atoms with Crippen LogP contribution >= 0.6 is 0 Å². The van der Waals surface area contributed by atoms with Gasteiger partial charge >= 0.3 is 11.9 Å². The van der Waals surface area contributed by atoms with Crippen molar-refractivity contribution in [2.24, 2.45) is 0 Å². The molecule has 7 nitrogen and oxygen atoms in total. The number of nitriles is 1. The number of benzene rings is 1. The van der Waals surface area contributed by atoms with E-state index in [-0.39, 0.29) is 0 Å². The molecule has 3 heterocycles. The summed E-state index contributed by atoms with van der Waals surface area (Å²) >= 11 is 0. The second-order valence-electron chi connectivity index (χ2n) is 7.10. The Balaban J connectivity index is 0.000000330. The van der Waals surface area contributed by atoms with Crippen LogP contribution in [0.1, 0.15) is 43.9 Å². The van der Waals surface area contributed by atoms with Crippen LogP contribution in [0.3, 0.4) is 0 Å². The van der Waals surface area contributed by atoms with Crippen LogP contribution in [0.15, 0.2) is 30.3 Å². The van der Waals surface area contributed by atoms with Crippen LogP contribution in [0, 0.1) is 11.3 Å². The number of aromatic nitrogens is 1. The van der Waals surface area contributed by atoms with Crippen LogP contribution in [0.5, 0.6) is 0 Å². The topological polar surface area (TPSA) is 117 Å². The molecular formula is C21H23N3O4. The molecule has 2 unspecified atom stereocenters. The fraction of sp³-hybridized carbons (Fsp3) is 0.381. The SMILES string of the molecule is CCCN1C2C=C(c3cc4c(C#N)cccc4[nH]3)CC1CC2.O=C(O)C(=O)O. The average molecular weight is 381 g/mol. The van der Waals surface area contributed by atoms with Gasteiger partial charge in [0.05, 0.1) is 11.6 Å². The molecule has 4 rings (SSSR count). The van der Waals surface area contributed by atoms with E-state index in [2.05, 4.69) is 41.1 Å². The van der Waals surface area contributed by atoms with E-state index in [9.17, 15) is 5.26 Å². The van der Waals surface area contributed by atoms with Crippen LogP contribution in [0.4, 0.5) is 0 Å². The van der Waals surface area contributed by atoms with Gasteiger partial charge in [0, 0.05) is 28.7 Å². The van der Waals surface area contributed by atoms with E-state index < -0.39 is 11.9 Å². The summed E-state index contributed by atoms with van der Waals surface area (Å²) in [6.07, 6.45) is 7.42. The first-order chi connectivity index (χ1) is 13.4. The van der Waals surface area contributed by atoms with Crippen molar-refractivity contribution < 1.29 is 19.8 Å². The Kier molecular flexibility index (Phi) is 5.81. The first-order valence-corrected chi connectivity index (χ1v) is 9.39. The number of hydrogen-bond acceptors (Lipinski definition) is 4. The van der Waals surface area contributed by atoms with E-state index in [1.54, 1.807) is 0 Å². The third-order valence-corrected chi connectivity index (χ3v) is 5.34. The first-order valence-electron chi connectivity index (χ1n) is 9.39. The maximum Gasteiger partial charge on any atom is 0.414 e. The predicted octanol–water partition coefficient (Wildman–Crippen LogP) is 3.23. The van der Waals surface area contributed by atoms with Gasteiger partial charge < -0.3 is 15.2 Å². The summed E-state index contributed by atoms with van der Waals surface area (Å²) in [5, 5.41) is 25.1. The standard InChI is InChI=1S/C19H21N3.C2H2O4/c1-2-8-22-15-6-7-16(22)10-14(9-15)19-11-17-13(12-20)4-3-5-18(17)21-19;3-1(4)2(5)6/h3-5,9,11,15-16,21H,2,6-8,10H2,1H3;(H,3,4)(H,5,6). The van der Waals surface area contributed by atoms with E-state index in [1.165, 1.54) is 37.1 Å². The smallest absolute Gasteiger partial charge is 0.414 e. The van der Waals surface area contributed by atoms with Gasteiger partial charge in [-0.2, -0.15) is 5.26 Å². The Morgan fingerprint density at radius 1 is 1.29 bits per heavy atom. The average Bonchev–Trinajstić information content (AvgIpc) is 3.20. The Morgan fingerprint density at radius 3 is 2.64 bits per heavy atom. The molecule has 1 fully saturated rings. The lowest BCUT2D eigenvalue weighted by Crippen LogP contribution is -2.38. The van der Waals surface area contributed by atoms with Gasteiger partial charge in [0.1, 0.15) is 0 Å². The molecule has 0 amide bonds. The molecule has 2 aliphatic rings. The molecule has 1 aromatic carbocycles. The number of aliphatic carboxylic acids is 2. The quantitative estimate of drug-likeness (QED) is 0.703. The second kappa shape index (κ2) is 8.28. The van der Waals surface area contributed by atoms with Crippen molar-refractivity contribution in [3.05, 3.63) is 41.6 Å². The van der Waals surface area contributed by atoms with Gasteiger partial charge in [-0.15, -0.1) is 0 Å². The van der Waals surface area contributed by atoms with Gasteiger partial charge in [-0.3, -0.25) is 4.90 Å². The molecule has 0 spiro atoms. The summed E-state index contributed by atoms with van der Waals surface area (Å²) in [4.78, 5) is 24.4. The lowest BCUT2D eigenvalue weighted by atomic mass is 9.98. The lowest BCUT2D eigenvalue weighted by molar-refractivity contribution is -0.159. The molecule has 0 radical (unpaired) electrons. The molecule has 0 aliphatic carbocycles. The van der Waals surface area contributed by atoms with Crippen LogP contribution in [-0.2, 0) is 9.59 Å². The molecule has 2 aliphatic heterocycles. The highest BCUT2D eigenvalue weighted by Crippen LogP contribution is 2.39. The van der Waals surface area contributed by atoms with Gasteiger partial charge in [-0.1, -0.05) is 19.1 Å². The van der Waals surface area contributed by atoms with E-state index in [4.69, 9.17) is 19.8 Å². The third kappa shape index (κ3) is 3.92. The monoisotopic (exact) mass is 381 g/mol. The van der Waals surface area contributed by atoms with Crippen molar-refractivity contribution in [1.82, 2.24) is 9.88 Å². The predicted molar refractivity (Wildman–Crippen MR) is 105 cm³/mol. The molecule has 0 saturated carbocycles. The highest BCUT2D eigenvalue weighted by atomic mass is 16.4. The first kappa shape index (κ1) is 19.6. The zero-order valence-corrected chi connectivity index (χ0v) is 15.7. The minimum absolute atomic E-state index is 0.607. The highest BCUT2D eigenvalue weighted by molar-refractivity contribution is 6.27. The lowest BCUT2D eigenvalue weighted by Gasteiger charge is -2.33. The highest BCUT2D eigenvalue weighted by Gasteiger charge is 2.36. The van der Waals surface area contributed by atoms with Crippen molar-refractivity contribution in [3.63, 3.8) is 0 Å². The van der Waals surface area contributed by atoms with Crippen molar-refractivity contribution in [1.29, 1.82) is 5.26 Å². The van der Waals surface area contributed by atoms with E-state index >= 15 is 0 Å². The maximum atomic E-state index is 9.26. The number of fused-ring (bicyclic) bond motifs is 3. The molecule has 2 bridgehead atoms. The number of carboxylic acid groups (broad SMARTS) is 2. The molecule has 1 aromatic heterocycles. The van der Waals surface area contributed by atoms with Crippen molar-refractivity contribution in [2.45, 2.75) is 44.7 Å². The number of rotatable bonds is 3. The van der Waals surface area contributed by atoms with Gasteiger partial charge in [0.15, 0.2) is 0 Å². The number of hydrogen-bond donors (Lipinski definition) is 3.